The fourth-order valence-corrected chi connectivity index (χ4v) is 2.49. The number of fused-ring (bicyclic) bond motifs is 1. The molecule has 0 fully saturated rings. The molecule has 2 aromatic rings. The number of carboxylic acids is 1. The summed E-state index contributed by atoms with van der Waals surface area (Å²) < 4.78 is 19.1. The third-order valence-corrected chi connectivity index (χ3v) is 3.65. The quantitative estimate of drug-likeness (QED) is 0.891. The van der Waals surface area contributed by atoms with Crippen molar-refractivity contribution >= 4 is 11.9 Å². The lowest BCUT2D eigenvalue weighted by Crippen LogP contribution is -2.29. The Morgan fingerprint density at radius 2 is 2.00 bits per heavy atom. The van der Waals surface area contributed by atoms with Crippen molar-refractivity contribution in [2.45, 2.75) is 18.9 Å². The van der Waals surface area contributed by atoms with Crippen molar-refractivity contribution in [1.82, 2.24) is 15.3 Å². The topological polar surface area (TPSA) is 101 Å². The van der Waals surface area contributed by atoms with E-state index >= 15 is 0 Å². The van der Waals surface area contributed by atoms with E-state index in [0.29, 0.717) is 30.8 Å². The van der Waals surface area contributed by atoms with E-state index in [2.05, 4.69) is 15.3 Å². The smallest absolute Gasteiger partial charge is 0.356 e. The van der Waals surface area contributed by atoms with E-state index in [1.165, 1.54) is 18.2 Å². The van der Waals surface area contributed by atoms with Crippen molar-refractivity contribution in [2.75, 3.05) is 6.61 Å². The van der Waals surface area contributed by atoms with Crippen molar-refractivity contribution in [2.24, 2.45) is 0 Å². The lowest BCUT2D eigenvalue weighted by atomic mass is 10.0. The Balaban J connectivity index is 1.81. The molecule has 0 saturated heterocycles. The number of hydrogen-bond donors (Lipinski definition) is 2. The molecule has 2 heterocycles. The second-order valence-corrected chi connectivity index (χ2v) is 5.29. The molecule has 1 amide bonds. The molecule has 8 heteroatoms. The van der Waals surface area contributed by atoms with Gasteiger partial charge in [0.2, 0.25) is 0 Å². The van der Waals surface area contributed by atoms with Crippen molar-refractivity contribution < 1.29 is 23.8 Å². The van der Waals surface area contributed by atoms with Gasteiger partial charge in [-0.05, 0) is 31.0 Å². The fraction of sp³-hybridized carbons (Fsp3) is 0.250. The number of benzene rings is 1. The van der Waals surface area contributed by atoms with Crippen molar-refractivity contribution in [3.63, 3.8) is 0 Å². The molecule has 1 aromatic heterocycles. The average molecular weight is 331 g/mol. The van der Waals surface area contributed by atoms with Crippen molar-refractivity contribution in [3.05, 3.63) is 53.4 Å². The first kappa shape index (κ1) is 15.9. The first-order chi connectivity index (χ1) is 11.5. The van der Waals surface area contributed by atoms with Crippen LogP contribution in [-0.2, 0) is 0 Å². The van der Waals surface area contributed by atoms with Crippen molar-refractivity contribution in [1.29, 1.82) is 0 Å². The van der Waals surface area contributed by atoms with E-state index in [4.69, 9.17) is 9.84 Å². The Bertz CT molecular complexity index is 779. The first-order valence-electron chi connectivity index (χ1n) is 7.33. The maximum atomic E-state index is 13.5. The third kappa shape index (κ3) is 3.32. The maximum Gasteiger partial charge on any atom is 0.356 e. The number of carbonyl (C=O) groups is 2. The second-order valence-electron chi connectivity index (χ2n) is 5.29. The summed E-state index contributed by atoms with van der Waals surface area (Å²) in [6.07, 6.45) is 3.40. The summed E-state index contributed by atoms with van der Waals surface area (Å²) >= 11 is 0. The van der Waals surface area contributed by atoms with Gasteiger partial charge in [-0.3, -0.25) is 4.79 Å². The van der Waals surface area contributed by atoms with Crippen molar-refractivity contribution in [3.8, 4) is 5.75 Å². The van der Waals surface area contributed by atoms with Crippen LogP contribution in [0.2, 0.25) is 0 Å². The molecule has 1 aromatic carbocycles. The van der Waals surface area contributed by atoms with Crippen LogP contribution in [0.15, 0.2) is 30.6 Å². The zero-order chi connectivity index (χ0) is 17.1. The SMILES string of the molecule is O=C(O)c1cnc(C(=O)NC2CCCOc3ccc(F)cc32)cn1. The molecule has 0 radical (unpaired) electrons. The monoisotopic (exact) mass is 331 g/mol. The third-order valence-electron chi connectivity index (χ3n) is 3.65. The summed E-state index contributed by atoms with van der Waals surface area (Å²) in [7, 11) is 0. The summed E-state index contributed by atoms with van der Waals surface area (Å²) in [6, 6.07) is 3.76. The number of aromatic nitrogens is 2. The second kappa shape index (κ2) is 6.61. The largest absolute Gasteiger partial charge is 0.493 e. The number of halogens is 1. The molecular formula is C16H14FN3O4. The highest BCUT2D eigenvalue weighted by molar-refractivity contribution is 5.93. The van der Waals surface area contributed by atoms with Crippen LogP contribution in [0.5, 0.6) is 5.75 Å². The number of aromatic carboxylic acids is 1. The first-order valence-corrected chi connectivity index (χ1v) is 7.33. The minimum Gasteiger partial charge on any atom is -0.493 e. The average Bonchev–Trinajstić information content (AvgIpc) is 2.77. The number of rotatable bonds is 3. The Morgan fingerprint density at radius 3 is 2.71 bits per heavy atom. The van der Waals surface area contributed by atoms with E-state index in [1.54, 1.807) is 0 Å². The highest BCUT2D eigenvalue weighted by Crippen LogP contribution is 2.32. The standard InChI is InChI=1S/C16H14FN3O4/c17-9-3-4-14-10(6-9)11(2-1-5-24-14)20-15(21)12-7-19-13(8-18-12)16(22)23/h3-4,6-8,11H,1-2,5H2,(H,20,21)(H,22,23). The van der Waals surface area contributed by atoms with E-state index in [0.717, 1.165) is 12.4 Å². The summed E-state index contributed by atoms with van der Waals surface area (Å²) in [5.41, 5.74) is 0.306. The van der Waals surface area contributed by atoms with Crippen LogP contribution in [0.3, 0.4) is 0 Å². The summed E-state index contributed by atoms with van der Waals surface area (Å²) in [5, 5.41) is 11.6. The van der Waals surface area contributed by atoms with E-state index < -0.39 is 23.7 Å². The minimum absolute atomic E-state index is 0.0110. The lowest BCUT2D eigenvalue weighted by Gasteiger charge is -2.18. The van der Waals surface area contributed by atoms with Gasteiger partial charge in [0.15, 0.2) is 5.69 Å². The van der Waals surface area contributed by atoms with Gasteiger partial charge in [0, 0.05) is 5.56 Å². The van der Waals surface area contributed by atoms with Gasteiger partial charge in [-0.1, -0.05) is 0 Å². The van der Waals surface area contributed by atoms with Gasteiger partial charge in [-0.15, -0.1) is 0 Å². The molecule has 0 aliphatic carbocycles. The minimum atomic E-state index is -1.22. The molecule has 2 N–H and O–H groups in total. The van der Waals surface area contributed by atoms with Gasteiger partial charge < -0.3 is 15.2 Å². The highest BCUT2D eigenvalue weighted by Gasteiger charge is 2.23. The number of amides is 1. The number of ether oxygens (including phenoxy) is 1. The molecule has 7 nitrogen and oxygen atoms in total. The van der Waals surface area contributed by atoms with Gasteiger partial charge in [0.25, 0.3) is 5.91 Å². The Morgan fingerprint density at radius 1 is 1.25 bits per heavy atom. The molecule has 1 aliphatic heterocycles. The zero-order valence-corrected chi connectivity index (χ0v) is 12.5. The number of carboxylic acid groups (broad SMARTS) is 1. The molecule has 1 unspecified atom stereocenters. The Labute approximate surface area is 136 Å². The van der Waals surface area contributed by atoms with Gasteiger partial charge in [0.1, 0.15) is 17.3 Å². The van der Waals surface area contributed by atoms with E-state index in [1.807, 2.05) is 0 Å². The molecule has 1 atom stereocenters. The number of nitrogens with zero attached hydrogens (tertiary/aromatic N) is 2. The Hall–Kier alpha value is -3.03. The summed E-state index contributed by atoms with van der Waals surface area (Å²) in [6.45, 7) is 0.484. The van der Waals surface area contributed by atoms with Crippen LogP contribution in [0.4, 0.5) is 4.39 Å². The predicted molar refractivity (Wildman–Crippen MR) is 80.3 cm³/mol. The molecule has 124 valence electrons. The van der Waals surface area contributed by atoms with Crippen LogP contribution < -0.4 is 10.1 Å². The predicted octanol–water partition coefficient (Wildman–Crippen LogP) is 1.96. The van der Waals surface area contributed by atoms with Crippen LogP contribution in [-0.4, -0.2) is 33.6 Å². The molecule has 24 heavy (non-hydrogen) atoms. The Kier molecular flexibility index (Phi) is 4.37. The summed E-state index contributed by atoms with van der Waals surface area (Å²) in [4.78, 5) is 30.5. The molecule has 0 bridgehead atoms. The number of hydrogen-bond acceptors (Lipinski definition) is 5. The van der Waals surface area contributed by atoms with E-state index in [-0.39, 0.29) is 11.4 Å². The van der Waals surface area contributed by atoms with Gasteiger partial charge in [0.05, 0.1) is 25.0 Å². The number of nitrogens with one attached hydrogen (secondary N) is 1. The fourth-order valence-electron chi connectivity index (χ4n) is 2.49. The molecular weight excluding hydrogens is 317 g/mol. The van der Waals surface area contributed by atoms with Crippen LogP contribution in [0, 0.1) is 5.82 Å². The van der Waals surface area contributed by atoms with Gasteiger partial charge in [-0.2, -0.15) is 0 Å². The number of carbonyl (C=O) groups excluding carboxylic acids is 1. The van der Waals surface area contributed by atoms with Crippen LogP contribution >= 0.6 is 0 Å². The molecule has 0 spiro atoms. The molecule has 3 rings (SSSR count). The normalized spacial score (nSPS) is 16.5. The molecule has 1 aliphatic rings. The van der Waals surface area contributed by atoms with Gasteiger partial charge in [-0.25, -0.2) is 19.2 Å². The van der Waals surface area contributed by atoms with Crippen LogP contribution in [0.25, 0.3) is 0 Å². The van der Waals surface area contributed by atoms with Gasteiger partial charge >= 0.3 is 5.97 Å². The van der Waals surface area contributed by atoms with E-state index in [9.17, 15) is 14.0 Å². The maximum absolute atomic E-state index is 13.5. The van der Waals surface area contributed by atoms with Crippen LogP contribution in [0.1, 0.15) is 45.4 Å². The molecule has 0 saturated carbocycles. The summed E-state index contributed by atoms with van der Waals surface area (Å²) in [5.74, 6) is -1.61. The highest BCUT2D eigenvalue weighted by atomic mass is 19.1. The zero-order valence-electron chi connectivity index (χ0n) is 12.5. The lowest BCUT2D eigenvalue weighted by molar-refractivity contribution is 0.0689.